The Balaban J connectivity index is 2.60. The predicted octanol–water partition coefficient (Wildman–Crippen LogP) is 2.81. The molecule has 0 aliphatic heterocycles. The van der Waals surface area contributed by atoms with Gasteiger partial charge < -0.3 is 20.4 Å². The number of rotatable bonds is 1. The van der Waals surface area contributed by atoms with E-state index in [0.29, 0.717) is 10.8 Å². The highest BCUT2D eigenvalue weighted by Gasteiger charge is 2.20. The normalized spacial score (nSPS) is 11.0. The summed E-state index contributed by atoms with van der Waals surface area (Å²) in [5, 5.41) is 40.4. The second-order valence-corrected chi connectivity index (χ2v) is 4.43. The standard InChI is InChI=1S/C15H10O5/c16-12-7-3-1-2-4-8(7)13(17)11-9(12)5-6-10(14(11)18)15(19)20/h1-6,16-18H,(H,19,20). The molecule has 0 aliphatic rings. The molecule has 5 nitrogen and oxygen atoms in total. The lowest BCUT2D eigenvalue weighted by Crippen LogP contribution is -1.97. The Hall–Kier alpha value is -2.95. The lowest BCUT2D eigenvalue weighted by molar-refractivity contribution is 0.0694. The first-order chi connectivity index (χ1) is 9.52. The van der Waals surface area contributed by atoms with Gasteiger partial charge in [0.05, 0.1) is 5.39 Å². The summed E-state index contributed by atoms with van der Waals surface area (Å²) < 4.78 is 0. The molecule has 5 heteroatoms. The van der Waals surface area contributed by atoms with Crippen LogP contribution < -0.4 is 0 Å². The molecule has 0 aliphatic carbocycles. The molecule has 0 radical (unpaired) electrons. The summed E-state index contributed by atoms with van der Waals surface area (Å²) >= 11 is 0. The summed E-state index contributed by atoms with van der Waals surface area (Å²) in [4.78, 5) is 11.0. The summed E-state index contributed by atoms with van der Waals surface area (Å²) in [6, 6.07) is 9.14. The average molecular weight is 270 g/mol. The summed E-state index contributed by atoms with van der Waals surface area (Å²) in [6.45, 7) is 0. The van der Waals surface area contributed by atoms with Crippen LogP contribution in [0, 0.1) is 0 Å². The fraction of sp³-hybridized carbons (Fsp3) is 0. The van der Waals surface area contributed by atoms with Crippen molar-refractivity contribution in [1.29, 1.82) is 0 Å². The third-order valence-corrected chi connectivity index (χ3v) is 3.34. The van der Waals surface area contributed by atoms with Gasteiger partial charge in [0.2, 0.25) is 0 Å². The van der Waals surface area contributed by atoms with Gasteiger partial charge in [0, 0.05) is 16.2 Å². The van der Waals surface area contributed by atoms with E-state index in [-0.39, 0.29) is 27.8 Å². The molecule has 0 saturated heterocycles. The Morgan fingerprint density at radius 3 is 1.95 bits per heavy atom. The molecule has 0 heterocycles. The van der Waals surface area contributed by atoms with Crippen molar-refractivity contribution >= 4 is 27.5 Å². The Morgan fingerprint density at radius 2 is 1.35 bits per heavy atom. The van der Waals surface area contributed by atoms with Crippen molar-refractivity contribution in [2.24, 2.45) is 0 Å². The largest absolute Gasteiger partial charge is 0.507 e. The maximum Gasteiger partial charge on any atom is 0.339 e. The zero-order valence-electron chi connectivity index (χ0n) is 10.2. The fourth-order valence-corrected chi connectivity index (χ4v) is 2.38. The number of benzene rings is 3. The van der Waals surface area contributed by atoms with Crippen LogP contribution in [-0.2, 0) is 0 Å². The third kappa shape index (κ3) is 1.46. The minimum Gasteiger partial charge on any atom is -0.507 e. The Kier molecular flexibility index (Phi) is 2.44. The van der Waals surface area contributed by atoms with Crippen molar-refractivity contribution in [3.63, 3.8) is 0 Å². The summed E-state index contributed by atoms with van der Waals surface area (Å²) in [5.74, 6) is -2.24. The number of hydrogen-bond donors (Lipinski definition) is 4. The zero-order chi connectivity index (χ0) is 14.4. The highest BCUT2D eigenvalue weighted by atomic mass is 16.4. The first kappa shape index (κ1) is 12.1. The molecule has 100 valence electrons. The van der Waals surface area contributed by atoms with Gasteiger partial charge in [-0.05, 0) is 12.1 Å². The minimum absolute atomic E-state index is 0.0684. The number of carboxylic acid groups (broad SMARTS) is 1. The molecule has 4 N–H and O–H groups in total. The summed E-state index contributed by atoms with van der Waals surface area (Å²) in [6.07, 6.45) is 0. The van der Waals surface area contributed by atoms with Crippen LogP contribution in [0.2, 0.25) is 0 Å². The molecule has 0 unspecified atom stereocenters. The molecule has 20 heavy (non-hydrogen) atoms. The van der Waals surface area contributed by atoms with Gasteiger partial charge >= 0.3 is 5.97 Å². The second kappa shape index (κ2) is 4.03. The Morgan fingerprint density at radius 1 is 0.750 bits per heavy atom. The van der Waals surface area contributed by atoms with Gasteiger partial charge in [-0.3, -0.25) is 0 Å². The van der Waals surface area contributed by atoms with Gasteiger partial charge in [0.15, 0.2) is 0 Å². The van der Waals surface area contributed by atoms with Crippen LogP contribution in [0.3, 0.4) is 0 Å². The molecule has 3 aromatic rings. The van der Waals surface area contributed by atoms with Crippen LogP contribution in [0.1, 0.15) is 10.4 Å². The van der Waals surface area contributed by atoms with Gasteiger partial charge in [-0.25, -0.2) is 4.79 Å². The fourth-order valence-electron chi connectivity index (χ4n) is 2.38. The molecule has 0 saturated carbocycles. The smallest absolute Gasteiger partial charge is 0.339 e. The van der Waals surface area contributed by atoms with E-state index in [2.05, 4.69) is 0 Å². The highest BCUT2D eigenvalue weighted by molar-refractivity contribution is 6.14. The van der Waals surface area contributed by atoms with E-state index in [1.165, 1.54) is 12.1 Å². The van der Waals surface area contributed by atoms with E-state index in [1.54, 1.807) is 24.3 Å². The monoisotopic (exact) mass is 270 g/mol. The molecule has 0 amide bonds. The van der Waals surface area contributed by atoms with Crippen LogP contribution in [-0.4, -0.2) is 26.4 Å². The van der Waals surface area contributed by atoms with Crippen molar-refractivity contribution in [2.45, 2.75) is 0 Å². The maximum absolute atomic E-state index is 11.0. The molecule has 0 spiro atoms. The number of aromatic carboxylic acids is 1. The molecule has 3 aromatic carbocycles. The molecule has 0 aromatic heterocycles. The van der Waals surface area contributed by atoms with Crippen molar-refractivity contribution in [3.05, 3.63) is 42.0 Å². The first-order valence-corrected chi connectivity index (χ1v) is 5.84. The van der Waals surface area contributed by atoms with E-state index >= 15 is 0 Å². The van der Waals surface area contributed by atoms with E-state index in [0.717, 1.165) is 0 Å². The van der Waals surface area contributed by atoms with Crippen molar-refractivity contribution in [3.8, 4) is 17.2 Å². The van der Waals surface area contributed by atoms with Crippen molar-refractivity contribution in [1.82, 2.24) is 0 Å². The molecular formula is C15H10O5. The number of fused-ring (bicyclic) bond motifs is 2. The van der Waals surface area contributed by atoms with E-state index in [9.17, 15) is 20.1 Å². The number of phenolic OH excluding ortho intramolecular Hbond substituents is 2. The molecule has 0 atom stereocenters. The van der Waals surface area contributed by atoms with Gasteiger partial charge in [-0.1, -0.05) is 24.3 Å². The van der Waals surface area contributed by atoms with Crippen molar-refractivity contribution < 1.29 is 25.2 Å². The van der Waals surface area contributed by atoms with Crippen LogP contribution in [0.15, 0.2) is 36.4 Å². The predicted molar refractivity (Wildman–Crippen MR) is 73.4 cm³/mol. The molecule has 3 rings (SSSR count). The van der Waals surface area contributed by atoms with E-state index in [4.69, 9.17) is 5.11 Å². The number of aromatic hydroxyl groups is 3. The van der Waals surface area contributed by atoms with Crippen LogP contribution >= 0.6 is 0 Å². The summed E-state index contributed by atoms with van der Waals surface area (Å²) in [5.41, 5.74) is -0.331. The van der Waals surface area contributed by atoms with Gasteiger partial charge in [-0.2, -0.15) is 0 Å². The quantitative estimate of drug-likeness (QED) is 0.402. The highest BCUT2D eigenvalue weighted by Crippen LogP contribution is 2.45. The molecule has 0 bridgehead atoms. The topological polar surface area (TPSA) is 98.0 Å². The van der Waals surface area contributed by atoms with E-state index < -0.39 is 11.7 Å². The Bertz CT molecular complexity index is 867. The number of hydrogen-bond acceptors (Lipinski definition) is 4. The summed E-state index contributed by atoms with van der Waals surface area (Å²) in [7, 11) is 0. The van der Waals surface area contributed by atoms with E-state index in [1.807, 2.05) is 0 Å². The SMILES string of the molecule is O=C(O)c1ccc2c(O)c3ccccc3c(O)c2c1O. The second-order valence-electron chi connectivity index (χ2n) is 4.43. The number of carboxylic acids is 1. The molecular weight excluding hydrogens is 260 g/mol. The average Bonchev–Trinajstić information content (AvgIpc) is 2.44. The third-order valence-electron chi connectivity index (χ3n) is 3.34. The first-order valence-electron chi connectivity index (χ1n) is 5.84. The van der Waals surface area contributed by atoms with Crippen LogP contribution in [0.4, 0.5) is 0 Å². The van der Waals surface area contributed by atoms with Gasteiger partial charge in [0.25, 0.3) is 0 Å². The number of carbonyl (C=O) groups is 1. The lowest BCUT2D eigenvalue weighted by Gasteiger charge is -2.11. The lowest BCUT2D eigenvalue weighted by atomic mass is 9.98. The zero-order valence-corrected chi connectivity index (χ0v) is 10.2. The Labute approximate surface area is 112 Å². The molecule has 0 fully saturated rings. The van der Waals surface area contributed by atoms with Gasteiger partial charge in [-0.15, -0.1) is 0 Å². The van der Waals surface area contributed by atoms with Crippen LogP contribution in [0.5, 0.6) is 17.2 Å². The van der Waals surface area contributed by atoms with Gasteiger partial charge in [0.1, 0.15) is 22.8 Å². The number of phenols is 3. The minimum atomic E-state index is -1.31. The van der Waals surface area contributed by atoms with Crippen LogP contribution in [0.25, 0.3) is 21.5 Å². The maximum atomic E-state index is 11.0. The van der Waals surface area contributed by atoms with Crippen molar-refractivity contribution in [2.75, 3.05) is 0 Å².